The first-order valence-electron chi connectivity index (χ1n) is 7.66. The zero-order chi connectivity index (χ0) is 18.6. The summed E-state index contributed by atoms with van der Waals surface area (Å²) in [5.74, 6) is -3.75. The fraction of sp³-hybridized carbons (Fsp3) is 0.714. The Morgan fingerprint density at radius 2 is 2.12 bits per heavy atom. The lowest BCUT2D eigenvalue weighted by atomic mass is 9.96. The van der Waals surface area contributed by atoms with Gasteiger partial charge in [-0.25, -0.2) is 8.78 Å². The Hall–Kier alpha value is -0.770. The number of carbonyl (C=O) groups excluding carboxylic acids is 2. The van der Waals surface area contributed by atoms with Gasteiger partial charge < -0.3 is 13.8 Å². The largest absolute Gasteiger partial charge is 0.328 e. The number of nitrogens with zero attached hydrogens (tertiary/aromatic N) is 1. The Bertz CT molecular complexity index is 686. The number of fused-ring (bicyclic) bond motifs is 1. The smallest absolute Gasteiger partial charge is 0.314 e. The lowest BCUT2D eigenvalue weighted by Gasteiger charge is -2.39. The zero-order valence-electron chi connectivity index (χ0n) is 13.8. The first kappa shape index (κ1) is 19.0. The topological polar surface area (TPSA) is 74.3 Å². The number of alkyl halides is 2. The molecule has 0 N–H and O–H groups in total. The number of hydrogen-bond donors (Lipinski definition) is 0. The summed E-state index contributed by atoms with van der Waals surface area (Å²) in [6.45, 7) is 0.402. The highest BCUT2D eigenvalue weighted by atomic mass is 32.5. The normalized spacial score (nSPS) is 44.5. The summed E-state index contributed by atoms with van der Waals surface area (Å²) >= 11 is 5.16. The molecule has 0 aromatic rings. The number of carbonyl (C=O) groups is 2. The molecule has 3 heterocycles. The minimum atomic E-state index is -3.36. The second kappa shape index (κ2) is 6.14. The van der Waals surface area contributed by atoms with E-state index in [4.69, 9.17) is 30.1 Å². The van der Waals surface area contributed by atoms with Crippen LogP contribution >= 0.6 is 6.72 Å². The monoisotopic (exact) mass is 397 g/mol. The highest BCUT2D eigenvalue weighted by Gasteiger charge is 2.70. The van der Waals surface area contributed by atoms with Crippen molar-refractivity contribution >= 4 is 30.2 Å². The number of rotatable bonds is 3. The summed E-state index contributed by atoms with van der Waals surface area (Å²) in [5.41, 5.74) is -2.44. The Morgan fingerprint density at radius 1 is 1.44 bits per heavy atom. The molecule has 2 fully saturated rings. The minimum absolute atomic E-state index is 0.362. The maximum absolute atomic E-state index is 15.4. The lowest BCUT2D eigenvalue weighted by molar-refractivity contribution is -0.221. The van der Waals surface area contributed by atoms with Crippen molar-refractivity contribution in [3.05, 3.63) is 12.3 Å². The molecule has 0 spiro atoms. The number of hydrogen-bond acceptors (Lipinski definition) is 7. The molecule has 1 unspecified atom stereocenters. The second-order valence-electron chi connectivity index (χ2n) is 6.53. The summed E-state index contributed by atoms with van der Waals surface area (Å²) in [4.78, 5) is 24.2. The van der Waals surface area contributed by atoms with Gasteiger partial charge in [0, 0.05) is 6.20 Å². The molecule has 0 aromatic carbocycles. The summed E-state index contributed by atoms with van der Waals surface area (Å²) < 4.78 is 51.7. The Morgan fingerprint density at radius 3 is 2.72 bits per heavy atom. The predicted octanol–water partition coefficient (Wildman–Crippen LogP) is 2.12. The highest BCUT2D eigenvalue weighted by molar-refractivity contribution is 8.07. The average Bonchev–Trinajstić information content (AvgIpc) is 2.67. The summed E-state index contributed by atoms with van der Waals surface area (Å²) in [6, 6.07) is 0. The van der Waals surface area contributed by atoms with E-state index in [0.29, 0.717) is 0 Å². The van der Waals surface area contributed by atoms with Crippen LogP contribution in [-0.2, 0) is 39.7 Å². The van der Waals surface area contributed by atoms with Crippen molar-refractivity contribution in [2.24, 2.45) is 0 Å². The fourth-order valence-corrected chi connectivity index (χ4v) is 5.50. The number of ketones is 1. The van der Waals surface area contributed by atoms with E-state index < -0.39 is 55.3 Å². The molecule has 140 valence electrons. The van der Waals surface area contributed by atoms with Crippen molar-refractivity contribution in [3.8, 4) is 0 Å². The van der Waals surface area contributed by atoms with Crippen molar-refractivity contribution in [1.82, 2.24) is 4.90 Å². The third kappa shape index (κ3) is 3.31. The molecule has 2 saturated heterocycles. The van der Waals surface area contributed by atoms with E-state index in [1.165, 1.54) is 0 Å². The van der Waals surface area contributed by atoms with E-state index in [2.05, 4.69) is 0 Å². The van der Waals surface area contributed by atoms with E-state index in [0.717, 1.165) is 24.1 Å². The van der Waals surface area contributed by atoms with E-state index in [-0.39, 0.29) is 6.10 Å². The van der Waals surface area contributed by atoms with Crippen LogP contribution in [0.4, 0.5) is 8.78 Å². The molecule has 0 bridgehead atoms. The predicted molar refractivity (Wildman–Crippen MR) is 85.2 cm³/mol. The molecule has 7 nitrogen and oxygen atoms in total. The van der Waals surface area contributed by atoms with Crippen molar-refractivity contribution < 1.29 is 36.7 Å². The van der Waals surface area contributed by atoms with Crippen molar-refractivity contribution in [1.29, 1.82) is 0 Å². The van der Waals surface area contributed by atoms with Gasteiger partial charge in [0.2, 0.25) is 5.91 Å². The van der Waals surface area contributed by atoms with E-state index in [9.17, 15) is 9.59 Å². The van der Waals surface area contributed by atoms with Gasteiger partial charge in [-0.05, 0) is 38.7 Å². The Labute approximate surface area is 148 Å². The second-order valence-corrected chi connectivity index (χ2v) is 9.44. The van der Waals surface area contributed by atoms with Crippen molar-refractivity contribution in [3.63, 3.8) is 0 Å². The van der Waals surface area contributed by atoms with Crippen LogP contribution < -0.4 is 0 Å². The van der Waals surface area contributed by atoms with Crippen LogP contribution in [0, 0.1) is 0 Å². The first-order chi connectivity index (χ1) is 11.5. The summed E-state index contributed by atoms with van der Waals surface area (Å²) in [7, 11) is 0. The van der Waals surface area contributed by atoms with Crippen LogP contribution in [0.15, 0.2) is 12.3 Å². The Kier molecular flexibility index (Phi) is 4.67. The van der Waals surface area contributed by atoms with Crippen molar-refractivity contribution in [2.45, 2.75) is 57.2 Å². The Balaban J connectivity index is 1.90. The quantitative estimate of drug-likeness (QED) is 0.533. The van der Waals surface area contributed by atoms with Gasteiger partial charge >= 0.3 is 6.72 Å². The number of ether oxygens (including phenoxy) is 1. The van der Waals surface area contributed by atoms with Gasteiger partial charge in [-0.1, -0.05) is 0 Å². The van der Waals surface area contributed by atoms with Gasteiger partial charge in [0.15, 0.2) is 23.8 Å². The van der Waals surface area contributed by atoms with Crippen LogP contribution in [0.1, 0.15) is 27.2 Å². The molecule has 11 heteroatoms. The average molecular weight is 397 g/mol. The van der Waals surface area contributed by atoms with Crippen molar-refractivity contribution in [2.75, 3.05) is 6.61 Å². The standard InChI is InChI=1S/C14H18F2NO6PS/c1-8(2)22-24(25)20-7-14(16)11(23-24)13(3,15)12(21-14)17-5-4-9(18)6-10(17)19/h4-5,8,11-12H,6-7H2,1-3H3/t11-,12+,13+,14+,24?/m0/s1. The number of allylic oxidation sites excluding steroid dienone is 1. The zero-order valence-corrected chi connectivity index (χ0v) is 15.5. The highest BCUT2D eigenvalue weighted by Crippen LogP contribution is 2.62. The van der Waals surface area contributed by atoms with Gasteiger partial charge in [-0.2, -0.15) is 0 Å². The van der Waals surface area contributed by atoms with Crippen LogP contribution in [-0.4, -0.2) is 53.2 Å². The van der Waals surface area contributed by atoms with Crippen LogP contribution in [0.2, 0.25) is 0 Å². The van der Waals surface area contributed by atoms with Gasteiger partial charge in [0.05, 0.1) is 12.5 Å². The minimum Gasteiger partial charge on any atom is -0.314 e. The van der Waals surface area contributed by atoms with Crippen LogP contribution in [0.5, 0.6) is 0 Å². The number of amides is 1. The van der Waals surface area contributed by atoms with Gasteiger partial charge in [-0.15, -0.1) is 0 Å². The molecular weight excluding hydrogens is 379 g/mol. The number of halogens is 2. The maximum Gasteiger partial charge on any atom is 0.328 e. The molecule has 0 aromatic heterocycles. The third-order valence-corrected chi connectivity index (χ3v) is 6.40. The molecule has 0 aliphatic carbocycles. The SMILES string of the molecule is CC(C)OP1(=S)OC[C@@]2(F)O[C@@H](N3C=CC(=O)CC3=O)[C@](C)(F)[C@@H]2O1. The fourth-order valence-electron chi connectivity index (χ4n) is 2.93. The van der Waals surface area contributed by atoms with Gasteiger partial charge in [0.25, 0.3) is 5.85 Å². The van der Waals surface area contributed by atoms with E-state index >= 15 is 8.78 Å². The maximum atomic E-state index is 15.4. The summed E-state index contributed by atoms with van der Waals surface area (Å²) in [6.07, 6.45) is -1.97. The third-order valence-electron chi connectivity index (χ3n) is 3.98. The molecule has 0 saturated carbocycles. The molecule has 25 heavy (non-hydrogen) atoms. The molecule has 5 atom stereocenters. The molecule has 3 rings (SSSR count). The van der Waals surface area contributed by atoms with Gasteiger partial charge in [-0.3, -0.25) is 19.0 Å². The molecule has 3 aliphatic heterocycles. The molecule has 1 amide bonds. The van der Waals surface area contributed by atoms with Crippen LogP contribution in [0.3, 0.4) is 0 Å². The molecular formula is C14H18F2NO6PS. The van der Waals surface area contributed by atoms with E-state index in [1.807, 2.05) is 0 Å². The summed E-state index contributed by atoms with van der Waals surface area (Å²) in [5, 5.41) is 0. The molecule has 3 aliphatic rings. The first-order valence-corrected chi connectivity index (χ1v) is 10.2. The van der Waals surface area contributed by atoms with Gasteiger partial charge in [0.1, 0.15) is 6.61 Å². The molecule has 0 radical (unpaired) electrons. The van der Waals surface area contributed by atoms with E-state index in [1.54, 1.807) is 13.8 Å². The van der Waals surface area contributed by atoms with Crippen LogP contribution in [0.25, 0.3) is 0 Å². The lowest BCUT2D eigenvalue weighted by Crippen LogP contribution is -2.54.